The topological polar surface area (TPSA) is 51.7 Å². The van der Waals surface area contributed by atoms with E-state index in [0.29, 0.717) is 25.3 Å². The Morgan fingerprint density at radius 3 is 2.79 bits per heavy atom. The van der Waals surface area contributed by atoms with Crippen molar-refractivity contribution in [3.8, 4) is 5.75 Å². The van der Waals surface area contributed by atoms with Crippen LogP contribution < -0.4 is 4.74 Å². The van der Waals surface area contributed by atoms with E-state index < -0.39 is 5.60 Å². The van der Waals surface area contributed by atoms with Crippen LogP contribution in [0, 0.1) is 6.92 Å². The number of benzene rings is 1. The lowest BCUT2D eigenvalue weighted by molar-refractivity contribution is -0.0342. The van der Waals surface area contributed by atoms with Crippen molar-refractivity contribution in [2.75, 3.05) is 26.8 Å². The summed E-state index contributed by atoms with van der Waals surface area (Å²) in [5, 5.41) is 0. The third-order valence-electron chi connectivity index (χ3n) is 4.46. The third-order valence-corrected chi connectivity index (χ3v) is 4.46. The first-order valence-electron chi connectivity index (χ1n) is 8.06. The molecule has 1 fully saturated rings. The molecule has 0 saturated carbocycles. The van der Waals surface area contributed by atoms with Gasteiger partial charge in [-0.1, -0.05) is 12.1 Å². The summed E-state index contributed by atoms with van der Waals surface area (Å²) in [5.74, 6) is 0.831. The van der Waals surface area contributed by atoms with Gasteiger partial charge in [-0.3, -0.25) is 9.78 Å². The molecule has 1 atom stereocenters. The summed E-state index contributed by atoms with van der Waals surface area (Å²) < 4.78 is 11.7. The number of carbonyl (C=O) groups excluding carboxylic acids is 1. The van der Waals surface area contributed by atoms with E-state index in [4.69, 9.17) is 9.47 Å². The number of aromatic nitrogens is 1. The number of likely N-dealkylation sites (tertiary alicyclic amines) is 1. The molecule has 1 aliphatic rings. The monoisotopic (exact) mass is 326 g/mol. The molecule has 0 N–H and O–H groups in total. The number of rotatable bonds is 5. The molecule has 1 aliphatic heterocycles. The van der Waals surface area contributed by atoms with Gasteiger partial charge in [0.1, 0.15) is 18.0 Å². The first-order valence-corrected chi connectivity index (χ1v) is 8.06. The summed E-state index contributed by atoms with van der Waals surface area (Å²) in [7, 11) is 1.68. The van der Waals surface area contributed by atoms with E-state index in [9.17, 15) is 4.79 Å². The zero-order chi connectivity index (χ0) is 17.0. The summed E-state index contributed by atoms with van der Waals surface area (Å²) in [5.41, 5.74) is 1.34. The molecule has 0 aliphatic carbocycles. The number of nitrogens with zero attached hydrogens (tertiary/aromatic N) is 2. The van der Waals surface area contributed by atoms with Gasteiger partial charge in [-0.15, -0.1) is 0 Å². The van der Waals surface area contributed by atoms with E-state index in [-0.39, 0.29) is 5.91 Å². The van der Waals surface area contributed by atoms with E-state index in [1.54, 1.807) is 31.6 Å². The lowest BCUT2D eigenvalue weighted by Gasteiger charge is -2.28. The maximum atomic E-state index is 12.6. The number of ether oxygens (including phenoxy) is 2. The summed E-state index contributed by atoms with van der Waals surface area (Å²) >= 11 is 0. The number of amides is 1. The van der Waals surface area contributed by atoms with Crippen molar-refractivity contribution in [2.45, 2.75) is 18.9 Å². The SMILES string of the molecule is COC1(COc2cccc(C)c2)CCN(C(=O)c2ccncc2)C1. The van der Waals surface area contributed by atoms with Crippen molar-refractivity contribution < 1.29 is 14.3 Å². The van der Waals surface area contributed by atoms with E-state index in [1.165, 1.54) is 0 Å². The summed E-state index contributed by atoms with van der Waals surface area (Å²) in [6.45, 7) is 3.64. The molecule has 1 amide bonds. The van der Waals surface area contributed by atoms with Gasteiger partial charge in [-0.2, -0.15) is 0 Å². The van der Waals surface area contributed by atoms with Gasteiger partial charge < -0.3 is 14.4 Å². The van der Waals surface area contributed by atoms with Crippen LogP contribution in [-0.4, -0.2) is 48.2 Å². The Morgan fingerprint density at radius 1 is 1.29 bits per heavy atom. The van der Waals surface area contributed by atoms with E-state index >= 15 is 0 Å². The van der Waals surface area contributed by atoms with Gasteiger partial charge in [0.05, 0.1) is 6.54 Å². The van der Waals surface area contributed by atoms with Crippen LogP contribution in [0.15, 0.2) is 48.8 Å². The maximum Gasteiger partial charge on any atom is 0.254 e. The Morgan fingerprint density at radius 2 is 2.08 bits per heavy atom. The largest absolute Gasteiger partial charge is 0.491 e. The minimum absolute atomic E-state index is 0.00637. The molecule has 1 unspecified atom stereocenters. The summed E-state index contributed by atoms with van der Waals surface area (Å²) in [6, 6.07) is 11.4. The normalized spacial score (nSPS) is 20.2. The summed E-state index contributed by atoms with van der Waals surface area (Å²) in [4.78, 5) is 18.3. The van der Waals surface area contributed by atoms with Crippen LogP contribution in [0.25, 0.3) is 0 Å². The quantitative estimate of drug-likeness (QED) is 0.848. The second-order valence-electron chi connectivity index (χ2n) is 6.20. The molecular formula is C19H22N2O3. The fourth-order valence-electron chi connectivity index (χ4n) is 2.96. The molecule has 1 saturated heterocycles. The van der Waals surface area contributed by atoms with E-state index in [1.807, 2.05) is 36.1 Å². The first-order chi connectivity index (χ1) is 11.6. The van der Waals surface area contributed by atoms with Gasteiger partial charge in [0.25, 0.3) is 5.91 Å². The lowest BCUT2D eigenvalue weighted by Crippen LogP contribution is -2.42. The summed E-state index contributed by atoms with van der Waals surface area (Å²) in [6.07, 6.45) is 4.02. The number of methoxy groups -OCH3 is 1. The van der Waals surface area contributed by atoms with Gasteiger partial charge in [0.15, 0.2) is 0 Å². The molecule has 2 heterocycles. The van der Waals surface area contributed by atoms with Crippen molar-refractivity contribution in [1.29, 1.82) is 0 Å². The molecule has 5 heteroatoms. The van der Waals surface area contributed by atoms with Crippen LogP contribution in [0.5, 0.6) is 5.75 Å². The smallest absolute Gasteiger partial charge is 0.254 e. The number of hydrogen-bond acceptors (Lipinski definition) is 4. The molecule has 0 bridgehead atoms. The minimum atomic E-state index is -0.466. The van der Waals surface area contributed by atoms with Gasteiger partial charge in [-0.25, -0.2) is 0 Å². The average Bonchev–Trinajstić information content (AvgIpc) is 3.05. The van der Waals surface area contributed by atoms with E-state index in [0.717, 1.165) is 17.7 Å². The number of hydrogen-bond donors (Lipinski definition) is 0. The molecule has 5 nitrogen and oxygen atoms in total. The minimum Gasteiger partial charge on any atom is -0.491 e. The molecule has 0 radical (unpaired) electrons. The molecule has 1 aromatic heterocycles. The van der Waals surface area contributed by atoms with Gasteiger partial charge in [0, 0.05) is 31.6 Å². The van der Waals surface area contributed by atoms with Crippen molar-refractivity contribution in [3.63, 3.8) is 0 Å². The van der Waals surface area contributed by atoms with Crippen molar-refractivity contribution in [1.82, 2.24) is 9.88 Å². The highest BCUT2D eigenvalue weighted by Gasteiger charge is 2.41. The Balaban J connectivity index is 1.65. The Bertz CT molecular complexity index is 705. The number of carbonyl (C=O) groups is 1. The zero-order valence-electron chi connectivity index (χ0n) is 14.1. The van der Waals surface area contributed by atoms with Crippen LogP contribution in [0.3, 0.4) is 0 Å². The van der Waals surface area contributed by atoms with Crippen molar-refractivity contribution in [2.24, 2.45) is 0 Å². The molecule has 126 valence electrons. The van der Waals surface area contributed by atoms with Crippen LogP contribution in [-0.2, 0) is 4.74 Å². The van der Waals surface area contributed by atoms with Gasteiger partial charge in [-0.05, 0) is 43.2 Å². The standard InChI is InChI=1S/C19H22N2O3/c1-15-4-3-5-17(12-15)24-14-19(23-2)8-11-21(13-19)18(22)16-6-9-20-10-7-16/h3-7,9-10,12H,8,11,13-14H2,1-2H3. The van der Waals surface area contributed by atoms with Gasteiger partial charge >= 0.3 is 0 Å². The lowest BCUT2D eigenvalue weighted by atomic mass is 10.0. The molecule has 0 spiro atoms. The first kappa shape index (κ1) is 16.5. The molecule has 1 aromatic carbocycles. The zero-order valence-corrected chi connectivity index (χ0v) is 14.1. The Hall–Kier alpha value is -2.40. The number of aryl methyl sites for hydroxylation is 1. The van der Waals surface area contributed by atoms with Crippen LogP contribution in [0.2, 0.25) is 0 Å². The van der Waals surface area contributed by atoms with Crippen molar-refractivity contribution in [3.05, 3.63) is 59.9 Å². The van der Waals surface area contributed by atoms with Crippen LogP contribution in [0.4, 0.5) is 0 Å². The van der Waals surface area contributed by atoms with E-state index in [2.05, 4.69) is 4.98 Å². The second kappa shape index (κ2) is 7.01. The second-order valence-corrected chi connectivity index (χ2v) is 6.20. The molecular weight excluding hydrogens is 304 g/mol. The highest BCUT2D eigenvalue weighted by atomic mass is 16.5. The maximum absolute atomic E-state index is 12.6. The predicted molar refractivity (Wildman–Crippen MR) is 91.2 cm³/mol. The number of pyridine rings is 1. The van der Waals surface area contributed by atoms with Crippen LogP contribution in [0.1, 0.15) is 22.3 Å². The average molecular weight is 326 g/mol. The van der Waals surface area contributed by atoms with Gasteiger partial charge in [0.2, 0.25) is 0 Å². The third kappa shape index (κ3) is 3.57. The predicted octanol–water partition coefficient (Wildman–Crippen LogP) is 2.70. The molecule has 2 aromatic rings. The highest BCUT2D eigenvalue weighted by Crippen LogP contribution is 2.27. The molecule has 24 heavy (non-hydrogen) atoms. The Labute approximate surface area is 142 Å². The highest BCUT2D eigenvalue weighted by molar-refractivity contribution is 5.94. The fourth-order valence-corrected chi connectivity index (χ4v) is 2.96. The fraction of sp³-hybridized carbons (Fsp3) is 0.368. The Kier molecular flexibility index (Phi) is 4.81. The molecule has 3 rings (SSSR count). The van der Waals surface area contributed by atoms with Crippen molar-refractivity contribution >= 4 is 5.91 Å². The van der Waals surface area contributed by atoms with Crippen LogP contribution >= 0.6 is 0 Å².